The van der Waals surface area contributed by atoms with E-state index in [1.807, 2.05) is 37.4 Å². The SMILES string of the molecule is CCC1(C)C(C)=Nc2c(C)cc(-c3nc(Nc4ccc(N5CCNCC5)cn4)ncc3F)cc21. The Morgan fingerprint density at radius 3 is 2.62 bits per heavy atom. The van der Waals surface area contributed by atoms with Crippen LogP contribution in [0.1, 0.15) is 38.3 Å². The van der Waals surface area contributed by atoms with Gasteiger partial charge in [0.2, 0.25) is 5.95 Å². The highest BCUT2D eigenvalue weighted by atomic mass is 19.1. The van der Waals surface area contributed by atoms with Gasteiger partial charge in [0.25, 0.3) is 0 Å². The van der Waals surface area contributed by atoms with Gasteiger partial charge in [-0.25, -0.2) is 19.3 Å². The number of halogens is 1. The van der Waals surface area contributed by atoms with Crippen molar-refractivity contribution >= 4 is 28.9 Å². The summed E-state index contributed by atoms with van der Waals surface area (Å²) >= 11 is 0. The van der Waals surface area contributed by atoms with Crippen molar-refractivity contribution in [3.63, 3.8) is 0 Å². The lowest BCUT2D eigenvalue weighted by Crippen LogP contribution is -2.43. The standard InChI is InChI=1S/C26H30FN7/c1-5-26(4)17(3)31-23-16(2)12-18(13-20(23)26)24-21(27)15-30-25(33-24)32-22-7-6-19(14-29-22)34-10-8-28-9-11-34/h6-7,12-15,28H,5,8-11H2,1-4H3,(H,29,30,32,33). The molecule has 1 saturated heterocycles. The normalized spacial score (nSPS) is 19.7. The number of fused-ring (bicyclic) bond motifs is 1. The van der Waals surface area contributed by atoms with Crippen molar-refractivity contribution in [3.05, 3.63) is 53.6 Å². The Balaban J connectivity index is 1.43. The van der Waals surface area contributed by atoms with Crippen molar-refractivity contribution in [1.82, 2.24) is 20.3 Å². The molecule has 7 nitrogen and oxygen atoms in total. The maximum atomic E-state index is 14.9. The molecule has 1 unspecified atom stereocenters. The molecule has 34 heavy (non-hydrogen) atoms. The van der Waals surface area contributed by atoms with Crippen LogP contribution in [0.3, 0.4) is 0 Å². The molecule has 176 valence electrons. The minimum absolute atomic E-state index is 0.156. The first-order valence-electron chi connectivity index (χ1n) is 11.8. The van der Waals surface area contributed by atoms with Gasteiger partial charge >= 0.3 is 0 Å². The zero-order chi connectivity index (χ0) is 23.9. The molecule has 0 amide bonds. The maximum Gasteiger partial charge on any atom is 0.229 e. The Hall–Kier alpha value is -3.39. The van der Waals surface area contributed by atoms with Crippen molar-refractivity contribution in [3.8, 4) is 11.3 Å². The molecule has 8 heteroatoms. The highest BCUT2D eigenvalue weighted by Gasteiger charge is 2.36. The summed E-state index contributed by atoms with van der Waals surface area (Å²) in [6.07, 6.45) is 3.98. The molecule has 1 aromatic carbocycles. The third kappa shape index (κ3) is 3.92. The minimum Gasteiger partial charge on any atom is -0.368 e. The number of aryl methyl sites for hydroxylation is 1. The van der Waals surface area contributed by atoms with Crippen molar-refractivity contribution in [2.75, 3.05) is 36.4 Å². The first kappa shape index (κ1) is 22.4. The zero-order valence-electron chi connectivity index (χ0n) is 20.1. The monoisotopic (exact) mass is 459 g/mol. The van der Waals surface area contributed by atoms with Crippen molar-refractivity contribution in [1.29, 1.82) is 0 Å². The van der Waals surface area contributed by atoms with E-state index in [0.29, 0.717) is 11.8 Å². The summed E-state index contributed by atoms with van der Waals surface area (Å²) in [5.41, 5.74) is 6.14. The predicted molar refractivity (Wildman–Crippen MR) is 135 cm³/mol. The number of nitrogens with zero attached hydrogens (tertiary/aromatic N) is 5. The molecule has 2 aliphatic heterocycles. The van der Waals surface area contributed by atoms with Crippen LogP contribution in [0.25, 0.3) is 11.3 Å². The fourth-order valence-electron chi connectivity index (χ4n) is 4.73. The molecule has 5 rings (SSSR count). The molecule has 0 bridgehead atoms. The number of pyridine rings is 1. The lowest BCUT2D eigenvalue weighted by Gasteiger charge is -2.29. The van der Waals surface area contributed by atoms with Crippen LogP contribution in [0.5, 0.6) is 0 Å². The minimum atomic E-state index is -0.458. The Kier molecular flexibility index (Phi) is 5.77. The molecule has 4 heterocycles. The molecule has 2 N–H and O–H groups in total. The van der Waals surface area contributed by atoms with E-state index < -0.39 is 5.82 Å². The maximum absolute atomic E-state index is 14.9. The topological polar surface area (TPSA) is 78.3 Å². The van der Waals surface area contributed by atoms with Crippen LogP contribution in [-0.4, -0.2) is 46.8 Å². The Labute approximate surface area is 199 Å². The largest absolute Gasteiger partial charge is 0.368 e. The second kappa shape index (κ2) is 8.76. The van der Waals surface area contributed by atoms with Gasteiger partial charge < -0.3 is 15.5 Å². The second-order valence-electron chi connectivity index (χ2n) is 9.23. The summed E-state index contributed by atoms with van der Waals surface area (Å²) in [5, 5.41) is 6.47. The fraction of sp³-hybridized carbons (Fsp3) is 0.385. The highest BCUT2D eigenvalue weighted by Crippen LogP contribution is 2.46. The number of rotatable bonds is 5. The average Bonchev–Trinajstić information content (AvgIpc) is 3.12. The lowest BCUT2D eigenvalue weighted by atomic mass is 9.76. The van der Waals surface area contributed by atoms with Gasteiger partial charge in [0.15, 0.2) is 5.82 Å². The number of nitrogens with one attached hydrogen (secondary N) is 2. The van der Waals surface area contributed by atoms with Crippen molar-refractivity contribution in [2.24, 2.45) is 4.99 Å². The number of hydrogen-bond acceptors (Lipinski definition) is 7. The molecule has 0 aliphatic carbocycles. The van der Waals surface area contributed by atoms with Crippen LogP contribution in [-0.2, 0) is 5.41 Å². The lowest BCUT2D eigenvalue weighted by molar-refractivity contribution is 0.589. The molecule has 0 saturated carbocycles. The summed E-state index contributed by atoms with van der Waals surface area (Å²) in [7, 11) is 0. The van der Waals surface area contributed by atoms with Gasteiger partial charge in [0.1, 0.15) is 11.5 Å². The van der Waals surface area contributed by atoms with E-state index in [2.05, 4.69) is 51.3 Å². The summed E-state index contributed by atoms with van der Waals surface area (Å²) in [6, 6.07) is 7.91. The molecule has 3 aromatic rings. The Bertz CT molecular complexity index is 1250. The van der Waals surface area contributed by atoms with Gasteiger partial charge in [-0.3, -0.25) is 4.99 Å². The number of piperazine rings is 1. The number of hydrogen-bond donors (Lipinski definition) is 2. The van der Waals surface area contributed by atoms with Crippen LogP contribution in [0.4, 0.5) is 27.5 Å². The van der Waals surface area contributed by atoms with E-state index in [0.717, 1.165) is 66.4 Å². The number of aliphatic imine (C=N–C) groups is 1. The first-order valence-corrected chi connectivity index (χ1v) is 11.8. The van der Waals surface area contributed by atoms with Crippen LogP contribution in [0, 0.1) is 12.7 Å². The van der Waals surface area contributed by atoms with E-state index >= 15 is 0 Å². The van der Waals surface area contributed by atoms with Crippen molar-refractivity contribution in [2.45, 2.75) is 39.5 Å². The van der Waals surface area contributed by atoms with Gasteiger partial charge in [0, 0.05) is 42.9 Å². The molecule has 2 aliphatic rings. The van der Waals surface area contributed by atoms with Gasteiger partial charge in [-0.2, -0.15) is 0 Å². The van der Waals surface area contributed by atoms with Gasteiger partial charge in [-0.1, -0.05) is 13.8 Å². The van der Waals surface area contributed by atoms with Gasteiger partial charge in [0.05, 0.1) is 23.8 Å². The van der Waals surface area contributed by atoms with Crippen LogP contribution in [0.2, 0.25) is 0 Å². The third-order valence-electron chi connectivity index (χ3n) is 7.17. The van der Waals surface area contributed by atoms with E-state index in [1.54, 1.807) is 0 Å². The average molecular weight is 460 g/mol. The summed E-state index contributed by atoms with van der Waals surface area (Å²) in [6.45, 7) is 12.3. The van der Waals surface area contributed by atoms with E-state index in [9.17, 15) is 4.39 Å². The Morgan fingerprint density at radius 1 is 1.12 bits per heavy atom. The summed E-state index contributed by atoms with van der Waals surface area (Å²) in [4.78, 5) is 20.3. The molecule has 0 spiro atoms. The molecular weight excluding hydrogens is 429 g/mol. The molecule has 1 fully saturated rings. The molecule has 0 radical (unpaired) electrons. The quantitative estimate of drug-likeness (QED) is 0.564. The molecule has 2 aromatic heterocycles. The zero-order valence-corrected chi connectivity index (χ0v) is 20.1. The smallest absolute Gasteiger partial charge is 0.229 e. The third-order valence-corrected chi connectivity index (χ3v) is 7.17. The number of anilines is 3. The predicted octanol–water partition coefficient (Wildman–Crippen LogP) is 4.91. The number of benzene rings is 1. The van der Waals surface area contributed by atoms with Gasteiger partial charge in [-0.05, 0) is 55.7 Å². The first-order chi connectivity index (χ1) is 16.4. The molecular formula is C26H30FN7. The Morgan fingerprint density at radius 2 is 1.91 bits per heavy atom. The van der Waals surface area contributed by atoms with Gasteiger partial charge in [-0.15, -0.1) is 0 Å². The highest BCUT2D eigenvalue weighted by molar-refractivity contribution is 6.01. The van der Waals surface area contributed by atoms with Crippen LogP contribution in [0.15, 0.2) is 41.7 Å². The molecule has 1 atom stereocenters. The second-order valence-corrected chi connectivity index (χ2v) is 9.23. The number of aromatic nitrogens is 3. The van der Waals surface area contributed by atoms with E-state index in [1.165, 1.54) is 6.20 Å². The van der Waals surface area contributed by atoms with Crippen molar-refractivity contribution < 1.29 is 4.39 Å². The van der Waals surface area contributed by atoms with E-state index in [4.69, 9.17) is 4.99 Å². The van der Waals surface area contributed by atoms with Crippen LogP contribution < -0.4 is 15.5 Å². The fourth-order valence-corrected chi connectivity index (χ4v) is 4.73. The summed E-state index contributed by atoms with van der Waals surface area (Å²) in [5.74, 6) is 0.465. The van der Waals surface area contributed by atoms with E-state index in [-0.39, 0.29) is 11.1 Å². The summed E-state index contributed by atoms with van der Waals surface area (Å²) < 4.78 is 14.9. The van der Waals surface area contributed by atoms with Crippen LogP contribution >= 0.6 is 0 Å².